The predicted octanol–water partition coefficient (Wildman–Crippen LogP) is 1.87. The van der Waals surface area contributed by atoms with Crippen molar-refractivity contribution in [1.82, 2.24) is 30.0 Å². The molecule has 0 spiro atoms. The van der Waals surface area contributed by atoms with Gasteiger partial charge in [0.1, 0.15) is 17.8 Å². The molecule has 1 saturated heterocycles. The Labute approximate surface area is 138 Å². The monoisotopic (exact) mass is 324 g/mol. The van der Waals surface area contributed by atoms with Crippen molar-refractivity contribution >= 4 is 5.91 Å². The Hall–Kier alpha value is -3.03. The lowest BCUT2D eigenvalue weighted by atomic mass is 9.96. The minimum atomic E-state index is 0.0139. The topological polar surface area (TPSA) is 101 Å². The van der Waals surface area contributed by atoms with Crippen molar-refractivity contribution in [3.63, 3.8) is 0 Å². The zero-order valence-electron chi connectivity index (χ0n) is 12.9. The zero-order chi connectivity index (χ0) is 16.4. The SMILES string of the molecule is O=C(c1ccoc1)N1CCC(c2nc(-c3cnccn3)n[nH]2)CC1. The molecule has 1 amide bonds. The van der Waals surface area contributed by atoms with E-state index in [4.69, 9.17) is 4.42 Å². The number of carbonyl (C=O) groups excluding carboxylic acids is 1. The number of hydrogen-bond donors (Lipinski definition) is 1. The van der Waals surface area contributed by atoms with Crippen LogP contribution in [0.5, 0.6) is 0 Å². The summed E-state index contributed by atoms with van der Waals surface area (Å²) in [5.74, 6) is 1.66. The second kappa shape index (κ2) is 6.23. The molecule has 0 radical (unpaired) electrons. The van der Waals surface area contributed by atoms with Crippen molar-refractivity contribution in [1.29, 1.82) is 0 Å². The molecule has 1 aliphatic rings. The Morgan fingerprint density at radius 1 is 1.29 bits per heavy atom. The van der Waals surface area contributed by atoms with Gasteiger partial charge in [0.15, 0.2) is 0 Å². The average Bonchev–Trinajstić information content (AvgIpc) is 3.34. The van der Waals surface area contributed by atoms with Gasteiger partial charge < -0.3 is 9.32 Å². The number of H-pyrrole nitrogens is 1. The molecule has 1 aliphatic heterocycles. The summed E-state index contributed by atoms with van der Waals surface area (Å²) in [4.78, 5) is 26.9. The quantitative estimate of drug-likeness (QED) is 0.789. The molecule has 8 nitrogen and oxygen atoms in total. The summed E-state index contributed by atoms with van der Waals surface area (Å²) in [6.07, 6.45) is 9.56. The lowest BCUT2D eigenvalue weighted by Gasteiger charge is -2.30. The summed E-state index contributed by atoms with van der Waals surface area (Å²) in [7, 11) is 0. The minimum absolute atomic E-state index is 0.0139. The third kappa shape index (κ3) is 2.78. The molecule has 4 heterocycles. The number of rotatable bonds is 3. The first-order valence-electron chi connectivity index (χ1n) is 7.81. The van der Waals surface area contributed by atoms with Crippen molar-refractivity contribution in [2.75, 3.05) is 13.1 Å². The second-order valence-corrected chi connectivity index (χ2v) is 5.71. The number of carbonyl (C=O) groups is 1. The largest absolute Gasteiger partial charge is 0.472 e. The fourth-order valence-corrected chi connectivity index (χ4v) is 2.91. The molecule has 0 atom stereocenters. The Morgan fingerprint density at radius 2 is 2.17 bits per heavy atom. The molecule has 122 valence electrons. The summed E-state index contributed by atoms with van der Waals surface area (Å²) in [6.45, 7) is 1.38. The molecule has 0 aromatic carbocycles. The Balaban J connectivity index is 1.41. The number of likely N-dealkylation sites (tertiary alicyclic amines) is 1. The van der Waals surface area contributed by atoms with Gasteiger partial charge in [0.05, 0.1) is 18.0 Å². The number of aromatic nitrogens is 5. The Kier molecular flexibility index (Phi) is 3.78. The van der Waals surface area contributed by atoms with Crippen LogP contribution in [0.15, 0.2) is 41.6 Å². The van der Waals surface area contributed by atoms with Gasteiger partial charge in [0, 0.05) is 31.4 Å². The molecule has 3 aromatic heterocycles. The molecular weight excluding hydrogens is 308 g/mol. The molecule has 0 bridgehead atoms. The fourth-order valence-electron chi connectivity index (χ4n) is 2.91. The zero-order valence-corrected chi connectivity index (χ0v) is 12.9. The van der Waals surface area contributed by atoms with Crippen LogP contribution in [0.1, 0.15) is 34.9 Å². The first-order chi connectivity index (χ1) is 11.8. The Bertz CT molecular complexity index is 806. The lowest BCUT2D eigenvalue weighted by molar-refractivity contribution is 0.0710. The first-order valence-corrected chi connectivity index (χ1v) is 7.81. The highest BCUT2D eigenvalue weighted by molar-refractivity contribution is 5.93. The van der Waals surface area contributed by atoms with E-state index in [0.29, 0.717) is 30.2 Å². The van der Waals surface area contributed by atoms with Gasteiger partial charge in [-0.1, -0.05) is 0 Å². The molecule has 0 aliphatic carbocycles. The smallest absolute Gasteiger partial charge is 0.257 e. The maximum atomic E-state index is 12.3. The Morgan fingerprint density at radius 3 is 2.88 bits per heavy atom. The maximum Gasteiger partial charge on any atom is 0.257 e. The maximum absolute atomic E-state index is 12.3. The van der Waals surface area contributed by atoms with E-state index in [1.165, 1.54) is 12.5 Å². The van der Waals surface area contributed by atoms with E-state index < -0.39 is 0 Å². The van der Waals surface area contributed by atoms with E-state index in [-0.39, 0.29) is 11.8 Å². The van der Waals surface area contributed by atoms with Crippen molar-refractivity contribution in [2.45, 2.75) is 18.8 Å². The van der Waals surface area contributed by atoms with Crippen molar-refractivity contribution < 1.29 is 9.21 Å². The normalized spacial score (nSPS) is 15.6. The van der Waals surface area contributed by atoms with Crippen LogP contribution in [-0.4, -0.2) is 49.0 Å². The standard InChI is InChI=1S/C16H16N6O2/c23-16(12-3-8-24-10-12)22-6-1-11(2-7-22)14-19-15(21-20-14)13-9-17-4-5-18-13/h3-5,8-11H,1-2,6-7H2,(H,19,20,21). The minimum Gasteiger partial charge on any atom is -0.472 e. The summed E-state index contributed by atoms with van der Waals surface area (Å²) < 4.78 is 4.98. The van der Waals surface area contributed by atoms with Gasteiger partial charge in [-0.15, -0.1) is 0 Å². The van der Waals surface area contributed by atoms with Crippen molar-refractivity contribution in [3.05, 3.63) is 48.6 Å². The third-order valence-corrected chi connectivity index (χ3v) is 4.23. The summed E-state index contributed by atoms with van der Waals surface area (Å²) >= 11 is 0. The van der Waals surface area contributed by atoms with E-state index in [0.717, 1.165) is 18.7 Å². The van der Waals surface area contributed by atoms with E-state index >= 15 is 0 Å². The van der Waals surface area contributed by atoms with Gasteiger partial charge in [-0.2, -0.15) is 5.10 Å². The molecule has 24 heavy (non-hydrogen) atoms. The van der Waals surface area contributed by atoms with Crippen LogP contribution in [0.3, 0.4) is 0 Å². The van der Waals surface area contributed by atoms with Gasteiger partial charge >= 0.3 is 0 Å². The number of hydrogen-bond acceptors (Lipinski definition) is 6. The summed E-state index contributed by atoms with van der Waals surface area (Å²) in [5.41, 5.74) is 1.24. The molecule has 8 heteroatoms. The van der Waals surface area contributed by atoms with E-state index in [2.05, 4.69) is 25.1 Å². The molecular formula is C16H16N6O2. The number of amides is 1. The highest BCUT2D eigenvalue weighted by Gasteiger charge is 2.27. The highest BCUT2D eigenvalue weighted by atomic mass is 16.3. The van der Waals surface area contributed by atoms with E-state index in [1.807, 2.05) is 4.90 Å². The molecule has 0 saturated carbocycles. The van der Waals surface area contributed by atoms with Crippen LogP contribution in [0.25, 0.3) is 11.5 Å². The van der Waals surface area contributed by atoms with Crippen LogP contribution < -0.4 is 0 Å². The fraction of sp³-hybridized carbons (Fsp3) is 0.312. The number of piperidine rings is 1. The number of aromatic amines is 1. The van der Waals surface area contributed by atoms with Crippen LogP contribution in [-0.2, 0) is 0 Å². The van der Waals surface area contributed by atoms with Crippen LogP contribution in [0, 0.1) is 0 Å². The summed E-state index contributed by atoms with van der Waals surface area (Å²) in [6, 6.07) is 1.69. The molecule has 4 rings (SSSR count). The second-order valence-electron chi connectivity index (χ2n) is 5.71. The lowest BCUT2D eigenvalue weighted by Crippen LogP contribution is -2.37. The molecule has 0 unspecified atom stereocenters. The van der Waals surface area contributed by atoms with Gasteiger partial charge in [0.25, 0.3) is 5.91 Å². The van der Waals surface area contributed by atoms with E-state index in [1.54, 1.807) is 24.7 Å². The highest BCUT2D eigenvalue weighted by Crippen LogP contribution is 2.27. The van der Waals surface area contributed by atoms with Crippen molar-refractivity contribution in [2.24, 2.45) is 0 Å². The number of nitrogens with one attached hydrogen (secondary N) is 1. The molecule has 3 aromatic rings. The predicted molar refractivity (Wildman–Crippen MR) is 84.0 cm³/mol. The van der Waals surface area contributed by atoms with Crippen LogP contribution >= 0.6 is 0 Å². The number of nitrogens with zero attached hydrogens (tertiary/aromatic N) is 5. The van der Waals surface area contributed by atoms with Gasteiger partial charge in [0.2, 0.25) is 5.82 Å². The van der Waals surface area contributed by atoms with Crippen LogP contribution in [0.4, 0.5) is 0 Å². The van der Waals surface area contributed by atoms with E-state index in [9.17, 15) is 4.79 Å². The van der Waals surface area contributed by atoms with Gasteiger partial charge in [-0.3, -0.25) is 14.9 Å². The molecule has 1 N–H and O–H groups in total. The van der Waals surface area contributed by atoms with Crippen LogP contribution in [0.2, 0.25) is 0 Å². The average molecular weight is 324 g/mol. The first kappa shape index (κ1) is 14.6. The van der Waals surface area contributed by atoms with Gasteiger partial charge in [-0.25, -0.2) is 9.97 Å². The van der Waals surface area contributed by atoms with Gasteiger partial charge in [-0.05, 0) is 18.9 Å². The molecule has 1 fully saturated rings. The number of furan rings is 1. The third-order valence-electron chi connectivity index (χ3n) is 4.23. The summed E-state index contributed by atoms with van der Waals surface area (Å²) in [5, 5.41) is 7.22. The van der Waals surface area contributed by atoms with Crippen molar-refractivity contribution in [3.8, 4) is 11.5 Å².